The first-order valence-corrected chi connectivity index (χ1v) is 7.96. The van der Waals surface area contributed by atoms with Crippen LogP contribution < -0.4 is 5.32 Å². The maximum Gasteiger partial charge on any atom is 0.0837 e. The minimum atomic E-state index is 0.0572. The molecule has 1 heterocycles. The molecule has 108 valence electrons. The molecule has 2 rings (SSSR count). The second kappa shape index (κ2) is 6.74. The van der Waals surface area contributed by atoms with Crippen molar-refractivity contribution >= 4 is 27.5 Å². The Morgan fingerprint density at radius 1 is 1.40 bits per heavy atom. The lowest BCUT2D eigenvalue weighted by molar-refractivity contribution is 0.542. The van der Waals surface area contributed by atoms with Gasteiger partial charge in [0.1, 0.15) is 0 Å². The summed E-state index contributed by atoms with van der Waals surface area (Å²) in [5.41, 5.74) is 3.44. The van der Waals surface area contributed by atoms with Crippen molar-refractivity contribution in [3.63, 3.8) is 0 Å². The van der Waals surface area contributed by atoms with Crippen molar-refractivity contribution < 1.29 is 0 Å². The second-order valence-electron chi connectivity index (χ2n) is 4.69. The Morgan fingerprint density at radius 3 is 2.75 bits per heavy atom. The normalized spacial score (nSPS) is 12.7. The lowest BCUT2D eigenvalue weighted by Gasteiger charge is -2.21. The van der Waals surface area contributed by atoms with E-state index in [2.05, 4.69) is 65.3 Å². The molecule has 3 nitrogen and oxygen atoms in total. The molecule has 20 heavy (non-hydrogen) atoms. The minimum absolute atomic E-state index is 0.0572. The van der Waals surface area contributed by atoms with Crippen LogP contribution in [0.1, 0.15) is 36.7 Å². The van der Waals surface area contributed by atoms with Crippen molar-refractivity contribution in [3.05, 3.63) is 50.7 Å². The van der Waals surface area contributed by atoms with Crippen molar-refractivity contribution in [2.24, 2.45) is 0 Å². The van der Waals surface area contributed by atoms with E-state index in [9.17, 15) is 0 Å². The Balaban J connectivity index is 2.49. The molecule has 0 bridgehead atoms. The number of nitrogens with one attached hydrogen (secondary N) is 1. The van der Waals surface area contributed by atoms with Gasteiger partial charge in [0.05, 0.1) is 23.0 Å². The summed E-state index contributed by atoms with van der Waals surface area (Å²) in [5, 5.41) is 8.55. The molecule has 0 radical (unpaired) electrons. The van der Waals surface area contributed by atoms with Crippen molar-refractivity contribution in [2.75, 3.05) is 6.54 Å². The number of aromatic nitrogens is 2. The molecule has 1 unspecified atom stereocenters. The van der Waals surface area contributed by atoms with E-state index in [0.717, 1.165) is 23.3 Å². The van der Waals surface area contributed by atoms with Gasteiger partial charge in [-0.3, -0.25) is 4.68 Å². The monoisotopic (exact) mass is 355 g/mol. The van der Waals surface area contributed by atoms with Gasteiger partial charge in [-0.2, -0.15) is 5.10 Å². The van der Waals surface area contributed by atoms with Crippen LogP contribution in [0.3, 0.4) is 0 Å². The molecule has 1 aromatic carbocycles. The third-order valence-corrected chi connectivity index (χ3v) is 4.51. The highest BCUT2D eigenvalue weighted by molar-refractivity contribution is 9.10. The van der Waals surface area contributed by atoms with Gasteiger partial charge in [-0.1, -0.05) is 46.6 Å². The SMILES string of the molecule is CCNC(c1ccc(Br)c(C)c1)c1c(Cl)cnn1CC. The molecule has 0 amide bonds. The van der Waals surface area contributed by atoms with Gasteiger partial charge in [0.25, 0.3) is 0 Å². The molecule has 5 heteroatoms. The van der Waals surface area contributed by atoms with Gasteiger partial charge in [-0.25, -0.2) is 0 Å². The van der Waals surface area contributed by atoms with E-state index in [1.165, 1.54) is 11.1 Å². The first kappa shape index (κ1) is 15.5. The molecule has 0 saturated heterocycles. The first-order chi connectivity index (χ1) is 9.58. The molecular weight excluding hydrogens is 338 g/mol. The molecular formula is C15H19BrClN3. The summed E-state index contributed by atoms with van der Waals surface area (Å²) in [4.78, 5) is 0. The van der Waals surface area contributed by atoms with E-state index in [0.29, 0.717) is 5.02 Å². The van der Waals surface area contributed by atoms with E-state index in [1.807, 2.05) is 4.68 Å². The molecule has 0 saturated carbocycles. The molecule has 1 N–H and O–H groups in total. The maximum atomic E-state index is 6.34. The van der Waals surface area contributed by atoms with Crippen LogP contribution in [0.4, 0.5) is 0 Å². The van der Waals surface area contributed by atoms with Crippen molar-refractivity contribution in [1.29, 1.82) is 0 Å². The van der Waals surface area contributed by atoms with Crippen LogP contribution in [0.15, 0.2) is 28.9 Å². The zero-order chi connectivity index (χ0) is 14.7. The molecule has 0 spiro atoms. The Hall–Kier alpha value is -0.840. The molecule has 1 atom stereocenters. The van der Waals surface area contributed by atoms with Crippen LogP contribution in [0.5, 0.6) is 0 Å². The Bertz CT molecular complexity index is 595. The fourth-order valence-corrected chi connectivity index (χ4v) is 2.83. The lowest BCUT2D eigenvalue weighted by Crippen LogP contribution is -2.25. The average molecular weight is 357 g/mol. The Morgan fingerprint density at radius 2 is 2.15 bits per heavy atom. The fraction of sp³-hybridized carbons (Fsp3) is 0.400. The highest BCUT2D eigenvalue weighted by atomic mass is 79.9. The van der Waals surface area contributed by atoms with E-state index in [-0.39, 0.29) is 6.04 Å². The zero-order valence-corrected chi connectivity index (χ0v) is 14.3. The molecule has 0 fully saturated rings. The topological polar surface area (TPSA) is 29.9 Å². The summed E-state index contributed by atoms with van der Waals surface area (Å²) in [5.74, 6) is 0. The standard InChI is InChI=1S/C15H19BrClN3/c1-4-18-14(11-6-7-12(16)10(3)8-11)15-13(17)9-19-20(15)5-2/h6-9,14,18H,4-5H2,1-3H3. The Kier molecular flexibility index (Phi) is 5.24. The molecule has 2 aromatic rings. The lowest BCUT2D eigenvalue weighted by atomic mass is 10.0. The van der Waals surface area contributed by atoms with Crippen molar-refractivity contribution in [3.8, 4) is 0 Å². The highest BCUT2D eigenvalue weighted by Crippen LogP contribution is 2.30. The number of nitrogens with zero attached hydrogens (tertiary/aromatic N) is 2. The van der Waals surface area contributed by atoms with Gasteiger partial charge < -0.3 is 5.32 Å². The zero-order valence-electron chi connectivity index (χ0n) is 12.0. The fourth-order valence-electron chi connectivity index (χ4n) is 2.33. The van der Waals surface area contributed by atoms with Crippen LogP contribution in [-0.2, 0) is 6.54 Å². The number of rotatable bonds is 5. The highest BCUT2D eigenvalue weighted by Gasteiger charge is 2.21. The first-order valence-electron chi connectivity index (χ1n) is 6.79. The Labute approximate surface area is 133 Å². The van der Waals surface area contributed by atoms with Crippen LogP contribution >= 0.6 is 27.5 Å². The van der Waals surface area contributed by atoms with E-state index in [4.69, 9.17) is 11.6 Å². The summed E-state index contributed by atoms with van der Waals surface area (Å²) < 4.78 is 3.07. The molecule has 0 aliphatic rings. The van der Waals surface area contributed by atoms with Gasteiger partial charge in [0.2, 0.25) is 0 Å². The smallest absolute Gasteiger partial charge is 0.0837 e. The number of benzene rings is 1. The van der Waals surface area contributed by atoms with Crippen LogP contribution in [0, 0.1) is 6.92 Å². The third kappa shape index (κ3) is 3.08. The number of hydrogen-bond donors (Lipinski definition) is 1. The predicted octanol–water partition coefficient (Wildman–Crippen LogP) is 4.33. The third-order valence-electron chi connectivity index (χ3n) is 3.33. The van der Waals surface area contributed by atoms with Crippen LogP contribution in [-0.4, -0.2) is 16.3 Å². The van der Waals surface area contributed by atoms with Crippen molar-refractivity contribution in [2.45, 2.75) is 33.4 Å². The van der Waals surface area contributed by atoms with Gasteiger partial charge in [-0.05, 0) is 37.6 Å². The predicted molar refractivity (Wildman–Crippen MR) is 87.3 cm³/mol. The molecule has 0 aliphatic heterocycles. The van der Waals surface area contributed by atoms with Gasteiger partial charge in [0, 0.05) is 11.0 Å². The van der Waals surface area contributed by atoms with Crippen LogP contribution in [0.2, 0.25) is 5.02 Å². The summed E-state index contributed by atoms with van der Waals surface area (Å²) in [7, 11) is 0. The second-order valence-corrected chi connectivity index (χ2v) is 5.95. The summed E-state index contributed by atoms with van der Waals surface area (Å²) >= 11 is 9.89. The molecule has 0 aliphatic carbocycles. The quantitative estimate of drug-likeness (QED) is 0.864. The van der Waals surface area contributed by atoms with Crippen molar-refractivity contribution in [1.82, 2.24) is 15.1 Å². The van der Waals surface area contributed by atoms with Gasteiger partial charge in [0.15, 0.2) is 0 Å². The average Bonchev–Trinajstić information content (AvgIpc) is 2.80. The maximum absolute atomic E-state index is 6.34. The van der Waals surface area contributed by atoms with E-state index in [1.54, 1.807) is 6.20 Å². The summed E-state index contributed by atoms with van der Waals surface area (Å²) in [6, 6.07) is 6.44. The minimum Gasteiger partial charge on any atom is -0.305 e. The summed E-state index contributed by atoms with van der Waals surface area (Å²) in [6.45, 7) is 7.93. The number of aryl methyl sites for hydroxylation is 2. The molecule has 1 aromatic heterocycles. The van der Waals surface area contributed by atoms with Gasteiger partial charge >= 0.3 is 0 Å². The van der Waals surface area contributed by atoms with E-state index < -0.39 is 0 Å². The number of hydrogen-bond acceptors (Lipinski definition) is 2. The van der Waals surface area contributed by atoms with Gasteiger partial charge in [-0.15, -0.1) is 0 Å². The van der Waals surface area contributed by atoms with Crippen LogP contribution in [0.25, 0.3) is 0 Å². The summed E-state index contributed by atoms with van der Waals surface area (Å²) in [6.07, 6.45) is 1.72. The van der Waals surface area contributed by atoms with E-state index >= 15 is 0 Å². The number of halogens is 2. The largest absolute Gasteiger partial charge is 0.305 e.